The van der Waals surface area contributed by atoms with Gasteiger partial charge >= 0.3 is 0 Å². The van der Waals surface area contributed by atoms with E-state index in [-0.39, 0.29) is 6.10 Å². The third kappa shape index (κ3) is 5.61. The molecular weight excluding hydrogens is 174 g/mol. The molecular formula is C12H27NO. The van der Waals surface area contributed by atoms with Crippen LogP contribution in [0.1, 0.15) is 53.4 Å². The number of hydrogen-bond donors (Lipinski definition) is 1. The summed E-state index contributed by atoms with van der Waals surface area (Å²) in [7, 11) is 0. The first-order valence-electron chi connectivity index (χ1n) is 6.07. The first-order valence-corrected chi connectivity index (χ1v) is 6.07. The van der Waals surface area contributed by atoms with Crippen molar-refractivity contribution in [1.82, 2.24) is 4.90 Å². The highest BCUT2D eigenvalue weighted by molar-refractivity contribution is 4.65. The topological polar surface area (TPSA) is 23.5 Å². The molecule has 0 amide bonds. The van der Waals surface area contributed by atoms with E-state index in [1.807, 2.05) is 6.92 Å². The second-order valence-electron chi connectivity index (χ2n) is 4.09. The van der Waals surface area contributed by atoms with Gasteiger partial charge in [0, 0.05) is 6.04 Å². The van der Waals surface area contributed by atoms with Crippen LogP contribution in [-0.2, 0) is 0 Å². The molecule has 0 rings (SSSR count). The van der Waals surface area contributed by atoms with Gasteiger partial charge in [0.1, 0.15) is 0 Å². The maximum atomic E-state index is 9.42. The van der Waals surface area contributed by atoms with Crippen molar-refractivity contribution in [2.24, 2.45) is 0 Å². The highest BCUT2D eigenvalue weighted by atomic mass is 16.3. The normalized spacial score (nSPS) is 15.9. The van der Waals surface area contributed by atoms with Crippen molar-refractivity contribution in [2.45, 2.75) is 65.5 Å². The number of aliphatic hydroxyl groups is 1. The number of hydrogen-bond acceptors (Lipinski definition) is 2. The van der Waals surface area contributed by atoms with Gasteiger partial charge in [-0.1, -0.05) is 20.8 Å². The van der Waals surface area contributed by atoms with Gasteiger partial charge in [0.25, 0.3) is 0 Å². The average Bonchev–Trinajstić information content (AvgIpc) is 2.22. The van der Waals surface area contributed by atoms with Crippen LogP contribution in [0.15, 0.2) is 0 Å². The zero-order valence-electron chi connectivity index (χ0n) is 10.3. The van der Waals surface area contributed by atoms with Crippen LogP contribution < -0.4 is 0 Å². The van der Waals surface area contributed by atoms with E-state index in [0.29, 0.717) is 6.04 Å². The Balaban J connectivity index is 3.62. The van der Waals surface area contributed by atoms with Gasteiger partial charge in [0.05, 0.1) is 6.10 Å². The molecule has 0 aromatic heterocycles. The Morgan fingerprint density at radius 1 is 1.14 bits per heavy atom. The predicted molar refractivity (Wildman–Crippen MR) is 62.5 cm³/mol. The molecule has 0 fully saturated rings. The third-order valence-corrected chi connectivity index (χ3v) is 3.07. The molecule has 2 atom stereocenters. The molecule has 2 unspecified atom stereocenters. The molecule has 0 aliphatic heterocycles. The Morgan fingerprint density at radius 2 is 1.79 bits per heavy atom. The third-order valence-electron chi connectivity index (χ3n) is 3.07. The Kier molecular flexibility index (Phi) is 8.20. The van der Waals surface area contributed by atoms with Crippen molar-refractivity contribution in [2.75, 3.05) is 13.1 Å². The Bertz CT molecular complexity index is 127. The van der Waals surface area contributed by atoms with Crippen molar-refractivity contribution in [3.63, 3.8) is 0 Å². The molecule has 0 aromatic rings. The fraction of sp³-hybridized carbons (Fsp3) is 1.00. The van der Waals surface area contributed by atoms with E-state index < -0.39 is 0 Å². The predicted octanol–water partition coefficient (Wildman–Crippen LogP) is 2.66. The maximum absolute atomic E-state index is 9.42. The SMILES string of the molecule is CCC(O)CCCN(CC)C(C)CC. The largest absolute Gasteiger partial charge is 0.393 e. The monoisotopic (exact) mass is 201 g/mol. The van der Waals surface area contributed by atoms with Crippen molar-refractivity contribution in [3.8, 4) is 0 Å². The first-order chi connectivity index (χ1) is 6.65. The van der Waals surface area contributed by atoms with Crippen LogP contribution in [0.5, 0.6) is 0 Å². The van der Waals surface area contributed by atoms with E-state index in [0.717, 1.165) is 32.4 Å². The molecule has 0 aliphatic rings. The Labute approximate surface area is 89.3 Å². The number of nitrogens with zero attached hydrogens (tertiary/aromatic N) is 1. The molecule has 0 saturated carbocycles. The summed E-state index contributed by atoms with van der Waals surface area (Å²) in [5.74, 6) is 0. The molecule has 0 aliphatic carbocycles. The van der Waals surface area contributed by atoms with Gasteiger partial charge in [0.15, 0.2) is 0 Å². The lowest BCUT2D eigenvalue weighted by molar-refractivity contribution is 0.142. The van der Waals surface area contributed by atoms with Crippen molar-refractivity contribution in [1.29, 1.82) is 0 Å². The molecule has 14 heavy (non-hydrogen) atoms. The minimum atomic E-state index is -0.0920. The van der Waals surface area contributed by atoms with Crippen LogP contribution in [0.25, 0.3) is 0 Å². The van der Waals surface area contributed by atoms with Crippen molar-refractivity contribution < 1.29 is 5.11 Å². The average molecular weight is 201 g/mol. The zero-order valence-corrected chi connectivity index (χ0v) is 10.3. The van der Waals surface area contributed by atoms with Gasteiger partial charge < -0.3 is 10.0 Å². The summed E-state index contributed by atoms with van der Waals surface area (Å²) >= 11 is 0. The second-order valence-corrected chi connectivity index (χ2v) is 4.09. The van der Waals surface area contributed by atoms with E-state index in [1.54, 1.807) is 0 Å². The van der Waals surface area contributed by atoms with Gasteiger partial charge in [-0.2, -0.15) is 0 Å². The summed E-state index contributed by atoms with van der Waals surface area (Å²) in [6.07, 6.45) is 4.07. The second kappa shape index (κ2) is 8.25. The molecule has 0 radical (unpaired) electrons. The summed E-state index contributed by atoms with van der Waals surface area (Å²) < 4.78 is 0. The molecule has 1 N–H and O–H groups in total. The van der Waals surface area contributed by atoms with Crippen LogP contribution in [0.3, 0.4) is 0 Å². The fourth-order valence-electron chi connectivity index (χ4n) is 1.68. The minimum Gasteiger partial charge on any atom is -0.393 e. The van der Waals surface area contributed by atoms with E-state index >= 15 is 0 Å². The van der Waals surface area contributed by atoms with Crippen molar-refractivity contribution in [3.05, 3.63) is 0 Å². The summed E-state index contributed by atoms with van der Waals surface area (Å²) in [4.78, 5) is 2.49. The first kappa shape index (κ1) is 13.9. The summed E-state index contributed by atoms with van der Waals surface area (Å²) in [6.45, 7) is 11.0. The lowest BCUT2D eigenvalue weighted by atomic mass is 10.1. The maximum Gasteiger partial charge on any atom is 0.0538 e. The van der Waals surface area contributed by atoms with Crippen molar-refractivity contribution >= 4 is 0 Å². The summed E-state index contributed by atoms with van der Waals surface area (Å²) in [5, 5.41) is 9.42. The number of rotatable bonds is 8. The van der Waals surface area contributed by atoms with Gasteiger partial charge in [-0.05, 0) is 45.7 Å². The fourth-order valence-corrected chi connectivity index (χ4v) is 1.68. The van der Waals surface area contributed by atoms with Crippen LogP contribution in [0, 0.1) is 0 Å². The van der Waals surface area contributed by atoms with Gasteiger partial charge in [0.2, 0.25) is 0 Å². The quantitative estimate of drug-likeness (QED) is 0.652. The Morgan fingerprint density at radius 3 is 2.21 bits per heavy atom. The molecule has 86 valence electrons. The van der Waals surface area contributed by atoms with E-state index in [1.165, 1.54) is 6.42 Å². The standard InChI is InChI=1S/C12H27NO/c1-5-11(4)13(7-3)10-8-9-12(14)6-2/h11-12,14H,5-10H2,1-4H3. The minimum absolute atomic E-state index is 0.0920. The van der Waals surface area contributed by atoms with Crippen LogP contribution in [0.2, 0.25) is 0 Å². The lowest BCUT2D eigenvalue weighted by Crippen LogP contribution is -2.33. The van der Waals surface area contributed by atoms with Gasteiger partial charge in [-0.15, -0.1) is 0 Å². The lowest BCUT2D eigenvalue weighted by Gasteiger charge is -2.27. The van der Waals surface area contributed by atoms with Gasteiger partial charge in [-0.25, -0.2) is 0 Å². The highest BCUT2D eigenvalue weighted by Crippen LogP contribution is 2.07. The van der Waals surface area contributed by atoms with E-state index in [4.69, 9.17) is 0 Å². The molecule has 0 heterocycles. The molecule has 0 saturated heterocycles. The van der Waals surface area contributed by atoms with E-state index in [2.05, 4.69) is 25.7 Å². The summed E-state index contributed by atoms with van der Waals surface area (Å²) in [6, 6.07) is 0.679. The van der Waals surface area contributed by atoms with Crippen LogP contribution in [-0.4, -0.2) is 35.2 Å². The van der Waals surface area contributed by atoms with E-state index in [9.17, 15) is 5.11 Å². The summed E-state index contributed by atoms with van der Waals surface area (Å²) in [5.41, 5.74) is 0. The Hall–Kier alpha value is -0.0800. The molecule has 2 nitrogen and oxygen atoms in total. The molecule has 0 spiro atoms. The van der Waals surface area contributed by atoms with Crippen LogP contribution >= 0.6 is 0 Å². The van der Waals surface area contributed by atoms with Gasteiger partial charge in [-0.3, -0.25) is 0 Å². The number of aliphatic hydroxyl groups excluding tert-OH is 1. The molecule has 0 aromatic carbocycles. The smallest absolute Gasteiger partial charge is 0.0538 e. The highest BCUT2D eigenvalue weighted by Gasteiger charge is 2.09. The zero-order chi connectivity index (χ0) is 11.0. The molecule has 0 bridgehead atoms. The molecule has 2 heteroatoms. The van der Waals surface area contributed by atoms with Crippen LogP contribution in [0.4, 0.5) is 0 Å².